The first-order chi connectivity index (χ1) is 11.6. The van der Waals surface area contributed by atoms with Crippen molar-refractivity contribution in [1.82, 2.24) is 10.3 Å². The fourth-order valence-electron chi connectivity index (χ4n) is 3.69. The van der Waals surface area contributed by atoms with Crippen molar-refractivity contribution in [3.8, 4) is 5.88 Å². The number of hydrogen-bond acceptors (Lipinski definition) is 6. The summed E-state index contributed by atoms with van der Waals surface area (Å²) in [4.78, 5) is 27.8. The number of carbonyl (C=O) groups excluding carboxylic acids is 2. The number of carbonyl (C=O) groups is 2. The molecule has 8 heteroatoms. The SMILES string of the molecule is Cc1nc(OC2CC3(CC(NC(=O)OC(C)(C)C)C3)C2)c(C(N)=O)s1. The van der Waals surface area contributed by atoms with Gasteiger partial charge in [0.05, 0.1) is 5.01 Å². The highest BCUT2D eigenvalue weighted by Crippen LogP contribution is 2.56. The van der Waals surface area contributed by atoms with Crippen LogP contribution in [0.1, 0.15) is 61.1 Å². The maximum atomic E-state index is 11.8. The van der Waals surface area contributed by atoms with Crippen molar-refractivity contribution < 1.29 is 19.1 Å². The fraction of sp³-hybridized carbons (Fsp3) is 0.706. The molecule has 0 aromatic carbocycles. The van der Waals surface area contributed by atoms with E-state index in [0.29, 0.717) is 10.8 Å². The molecule has 0 aliphatic heterocycles. The summed E-state index contributed by atoms with van der Waals surface area (Å²) in [5.74, 6) is -0.141. The lowest BCUT2D eigenvalue weighted by Gasteiger charge is -2.56. The third-order valence-corrected chi connectivity index (χ3v) is 5.57. The van der Waals surface area contributed by atoms with Crippen molar-refractivity contribution >= 4 is 23.3 Å². The molecular formula is C17H25N3O4S. The van der Waals surface area contributed by atoms with Crippen LogP contribution in [0.3, 0.4) is 0 Å². The van der Waals surface area contributed by atoms with Crippen LogP contribution in [0.5, 0.6) is 5.88 Å². The average Bonchev–Trinajstić information content (AvgIpc) is 2.72. The lowest BCUT2D eigenvalue weighted by molar-refractivity contribution is -0.0866. The van der Waals surface area contributed by atoms with Crippen molar-refractivity contribution in [2.24, 2.45) is 11.1 Å². The normalized spacial score (nSPS) is 28.0. The Morgan fingerprint density at radius 1 is 1.28 bits per heavy atom. The van der Waals surface area contributed by atoms with Crippen molar-refractivity contribution in [2.75, 3.05) is 0 Å². The van der Waals surface area contributed by atoms with E-state index < -0.39 is 11.5 Å². The molecular weight excluding hydrogens is 342 g/mol. The summed E-state index contributed by atoms with van der Waals surface area (Å²) in [5.41, 5.74) is 5.12. The number of thiazole rings is 1. The Morgan fingerprint density at radius 3 is 2.48 bits per heavy atom. The number of hydrogen-bond donors (Lipinski definition) is 2. The van der Waals surface area contributed by atoms with Crippen LogP contribution in [-0.2, 0) is 4.74 Å². The van der Waals surface area contributed by atoms with Gasteiger partial charge in [-0.15, -0.1) is 11.3 Å². The number of aryl methyl sites for hydroxylation is 1. The summed E-state index contributed by atoms with van der Waals surface area (Å²) >= 11 is 1.26. The van der Waals surface area contributed by atoms with E-state index in [1.54, 1.807) is 0 Å². The second-order valence-electron chi connectivity index (χ2n) is 8.13. The summed E-state index contributed by atoms with van der Waals surface area (Å²) < 4.78 is 11.1. The van der Waals surface area contributed by atoms with Crippen molar-refractivity contribution in [1.29, 1.82) is 0 Å². The maximum absolute atomic E-state index is 11.8. The third-order valence-electron chi connectivity index (χ3n) is 4.61. The first-order valence-electron chi connectivity index (χ1n) is 8.49. The molecule has 0 atom stereocenters. The monoisotopic (exact) mass is 367 g/mol. The Labute approximate surface area is 151 Å². The second kappa shape index (κ2) is 6.16. The number of aromatic nitrogens is 1. The van der Waals surface area contributed by atoms with Crippen LogP contribution >= 0.6 is 11.3 Å². The minimum absolute atomic E-state index is 0.0575. The van der Waals surface area contributed by atoms with Gasteiger partial charge in [-0.05, 0) is 58.8 Å². The van der Waals surface area contributed by atoms with Gasteiger partial charge in [0.2, 0.25) is 5.88 Å². The Bertz CT molecular complexity index is 681. The molecule has 1 aromatic heterocycles. The van der Waals surface area contributed by atoms with Crippen LogP contribution in [0.25, 0.3) is 0 Å². The molecule has 2 aliphatic carbocycles. The highest BCUT2D eigenvalue weighted by atomic mass is 32.1. The quantitative estimate of drug-likeness (QED) is 0.851. The predicted molar refractivity (Wildman–Crippen MR) is 93.8 cm³/mol. The molecule has 2 saturated carbocycles. The van der Waals surface area contributed by atoms with Gasteiger partial charge in [-0.1, -0.05) is 0 Å². The summed E-state index contributed by atoms with van der Waals surface area (Å²) in [6.07, 6.45) is 3.39. The zero-order valence-corrected chi connectivity index (χ0v) is 15.9. The number of primary amides is 1. The number of rotatable bonds is 4. The smallest absolute Gasteiger partial charge is 0.407 e. The van der Waals surface area contributed by atoms with E-state index in [9.17, 15) is 9.59 Å². The summed E-state index contributed by atoms with van der Waals surface area (Å²) in [5, 5.41) is 3.68. The number of amides is 2. The van der Waals surface area contributed by atoms with Gasteiger partial charge >= 0.3 is 6.09 Å². The molecule has 2 amide bonds. The van der Waals surface area contributed by atoms with Crippen LogP contribution < -0.4 is 15.8 Å². The van der Waals surface area contributed by atoms with E-state index in [2.05, 4.69) is 10.3 Å². The highest BCUT2D eigenvalue weighted by molar-refractivity contribution is 7.13. The van der Waals surface area contributed by atoms with Gasteiger partial charge in [0, 0.05) is 6.04 Å². The van der Waals surface area contributed by atoms with Gasteiger partial charge in [-0.2, -0.15) is 0 Å². The molecule has 7 nitrogen and oxygen atoms in total. The van der Waals surface area contributed by atoms with Crippen LogP contribution in [0.15, 0.2) is 0 Å². The molecule has 1 spiro atoms. The molecule has 2 fully saturated rings. The van der Waals surface area contributed by atoms with E-state index in [0.717, 1.165) is 30.7 Å². The topological polar surface area (TPSA) is 104 Å². The van der Waals surface area contributed by atoms with Crippen molar-refractivity contribution in [2.45, 2.75) is 71.1 Å². The maximum Gasteiger partial charge on any atom is 0.407 e. The molecule has 1 aromatic rings. The fourth-order valence-corrected chi connectivity index (χ4v) is 4.39. The van der Waals surface area contributed by atoms with Crippen LogP contribution in [0, 0.1) is 12.3 Å². The highest BCUT2D eigenvalue weighted by Gasteiger charge is 2.54. The Morgan fingerprint density at radius 2 is 1.92 bits per heavy atom. The van der Waals surface area contributed by atoms with Crippen LogP contribution in [-0.4, -0.2) is 34.7 Å². The number of nitrogens with two attached hydrogens (primary N) is 1. The lowest BCUT2D eigenvalue weighted by Crippen LogP contribution is -2.59. The molecule has 2 aliphatic rings. The van der Waals surface area contributed by atoms with E-state index in [1.807, 2.05) is 27.7 Å². The largest absolute Gasteiger partial charge is 0.473 e. The zero-order valence-electron chi connectivity index (χ0n) is 15.0. The Balaban J connectivity index is 1.44. The van der Waals surface area contributed by atoms with Crippen LogP contribution in [0.4, 0.5) is 4.79 Å². The lowest BCUT2D eigenvalue weighted by atomic mass is 9.53. The average molecular weight is 367 g/mol. The van der Waals surface area contributed by atoms with Gasteiger partial charge in [0.25, 0.3) is 5.91 Å². The van der Waals surface area contributed by atoms with E-state index >= 15 is 0 Å². The summed E-state index contributed by atoms with van der Waals surface area (Å²) in [7, 11) is 0. The minimum atomic E-state index is -0.500. The zero-order chi connectivity index (χ0) is 18.4. The van der Waals surface area contributed by atoms with Gasteiger partial charge < -0.3 is 20.5 Å². The Kier molecular flexibility index (Phi) is 4.43. The number of nitrogens with one attached hydrogen (secondary N) is 1. The molecule has 3 N–H and O–H groups in total. The number of alkyl carbamates (subject to hydrolysis) is 1. The standard InChI is InChI=1S/C17H25N3O4S/c1-9-19-14(12(25-9)13(18)21)23-11-7-17(8-11)5-10(6-17)20-15(22)24-16(2,3)4/h10-11H,5-8H2,1-4H3,(H2,18,21)(H,20,22). The minimum Gasteiger partial charge on any atom is -0.473 e. The third kappa shape index (κ3) is 4.05. The number of nitrogens with zero attached hydrogens (tertiary/aromatic N) is 1. The summed E-state index contributed by atoms with van der Waals surface area (Å²) in [6, 6.07) is 0.165. The first kappa shape index (κ1) is 18.0. The Hall–Kier alpha value is -1.83. The molecule has 1 heterocycles. The van der Waals surface area contributed by atoms with Gasteiger partial charge in [-0.25, -0.2) is 9.78 Å². The molecule has 0 radical (unpaired) electrons. The van der Waals surface area contributed by atoms with Crippen molar-refractivity contribution in [3.63, 3.8) is 0 Å². The predicted octanol–water partition coefficient (Wildman–Crippen LogP) is 2.77. The molecule has 0 bridgehead atoms. The summed E-state index contributed by atoms with van der Waals surface area (Å²) in [6.45, 7) is 7.38. The second-order valence-corrected chi connectivity index (χ2v) is 9.33. The van der Waals surface area contributed by atoms with Gasteiger partial charge in [0.15, 0.2) is 4.88 Å². The van der Waals surface area contributed by atoms with Gasteiger partial charge in [0.1, 0.15) is 11.7 Å². The van der Waals surface area contributed by atoms with Crippen molar-refractivity contribution in [3.05, 3.63) is 9.88 Å². The molecule has 25 heavy (non-hydrogen) atoms. The van der Waals surface area contributed by atoms with E-state index in [4.69, 9.17) is 15.2 Å². The van der Waals surface area contributed by atoms with Gasteiger partial charge in [-0.3, -0.25) is 4.79 Å². The van der Waals surface area contributed by atoms with E-state index in [-0.39, 0.29) is 23.7 Å². The molecule has 0 saturated heterocycles. The molecule has 0 unspecified atom stereocenters. The van der Waals surface area contributed by atoms with Crippen LogP contribution in [0.2, 0.25) is 0 Å². The van der Waals surface area contributed by atoms with E-state index in [1.165, 1.54) is 11.3 Å². The first-order valence-corrected chi connectivity index (χ1v) is 9.30. The molecule has 3 rings (SSSR count). The molecule has 138 valence electrons. The number of ether oxygens (including phenoxy) is 2.